The minimum atomic E-state index is -0.898. The van der Waals surface area contributed by atoms with Crippen LogP contribution in [0.3, 0.4) is 0 Å². The van der Waals surface area contributed by atoms with Crippen LogP contribution in [0.4, 0.5) is 5.69 Å². The minimum Gasteiger partial charge on any atom is -0.478 e. The molecule has 0 aliphatic carbocycles. The zero-order chi connectivity index (χ0) is 11.1. The van der Waals surface area contributed by atoms with Gasteiger partial charge in [-0.3, -0.25) is 0 Å². The lowest BCUT2D eigenvalue weighted by Gasteiger charge is -2.29. The number of para-hydroxylation sites is 1. The summed E-state index contributed by atoms with van der Waals surface area (Å²) in [5.74, 6) is -0.898. The smallest absolute Gasteiger partial charge is 0.337 e. The highest BCUT2D eigenvalue weighted by Gasteiger charge is 2.23. The van der Waals surface area contributed by atoms with Crippen molar-refractivity contribution < 1.29 is 9.90 Å². The maximum absolute atomic E-state index is 11.0. The highest BCUT2D eigenvalue weighted by molar-refractivity contribution is 5.97. The molecule has 2 N–H and O–H groups in total. The van der Waals surface area contributed by atoms with Crippen molar-refractivity contribution in [1.29, 1.82) is 0 Å². The molecule has 0 saturated carbocycles. The molecule has 0 radical (unpaired) electrons. The van der Waals surface area contributed by atoms with Gasteiger partial charge in [-0.15, -0.1) is 0 Å². The van der Waals surface area contributed by atoms with Gasteiger partial charge in [-0.1, -0.05) is 24.3 Å². The average molecular weight is 203 g/mol. The molecule has 3 nitrogen and oxygen atoms in total. The van der Waals surface area contributed by atoms with Gasteiger partial charge in [-0.05, 0) is 25.5 Å². The van der Waals surface area contributed by atoms with E-state index in [1.807, 2.05) is 32.1 Å². The molecule has 2 rings (SSSR count). The largest absolute Gasteiger partial charge is 0.478 e. The Kier molecular flexibility index (Phi) is 2.03. The first-order valence-corrected chi connectivity index (χ1v) is 4.83. The van der Waals surface area contributed by atoms with Crippen molar-refractivity contribution in [1.82, 2.24) is 0 Å². The van der Waals surface area contributed by atoms with Gasteiger partial charge < -0.3 is 10.4 Å². The second kappa shape index (κ2) is 3.12. The van der Waals surface area contributed by atoms with E-state index in [4.69, 9.17) is 5.11 Å². The number of aromatic carboxylic acids is 1. The third-order valence-electron chi connectivity index (χ3n) is 2.45. The SMILES string of the molecule is CC1(C)C=Cc2cccc(C(=O)O)c2N1. The summed E-state index contributed by atoms with van der Waals surface area (Å²) >= 11 is 0. The van der Waals surface area contributed by atoms with Crippen LogP contribution in [-0.4, -0.2) is 16.6 Å². The van der Waals surface area contributed by atoms with E-state index in [1.165, 1.54) is 0 Å². The summed E-state index contributed by atoms with van der Waals surface area (Å²) in [5.41, 5.74) is 1.76. The van der Waals surface area contributed by atoms with E-state index in [-0.39, 0.29) is 5.54 Å². The highest BCUT2D eigenvalue weighted by atomic mass is 16.4. The summed E-state index contributed by atoms with van der Waals surface area (Å²) in [6.07, 6.45) is 3.99. The number of benzene rings is 1. The lowest BCUT2D eigenvalue weighted by atomic mass is 9.94. The molecule has 1 heterocycles. The molecule has 0 spiro atoms. The fourth-order valence-corrected chi connectivity index (χ4v) is 1.69. The molecule has 0 unspecified atom stereocenters. The topological polar surface area (TPSA) is 49.3 Å². The number of carbonyl (C=O) groups is 1. The third-order valence-corrected chi connectivity index (χ3v) is 2.45. The Bertz CT molecular complexity index is 447. The Hall–Kier alpha value is -1.77. The van der Waals surface area contributed by atoms with Crippen molar-refractivity contribution in [2.45, 2.75) is 19.4 Å². The van der Waals surface area contributed by atoms with E-state index < -0.39 is 5.97 Å². The normalized spacial score (nSPS) is 16.7. The first kappa shape index (κ1) is 9.77. The zero-order valence-electron chi connectivity index (χ0n) is 8.74. The van der Waals surface area contributed by atoms with Gasteiger partial charge in [0, 0.05) is 0 Å². The average Bonchev–Trinajstić information content (AvgIpc) is 2.15. The van der Waals surface area contributed by atoms with E-state index in [9.17, 15) is 4.79 Å². The Morgan fingerprint density at radius 1 is 1.40 bits per heavy atom. The molecule has 3 heteroatoms. The predicted octanol–water partition coefficient (Wildman–Crippen LogP) is 2.60. The first-order chi connectivity index (χ1) is 6.99. The van der Waals surface area contributed by atoms with Gasteiger partial charge in [0.2, 0.25) is 0 Å². The molecule has 0 saturated heterocycles. The van der Waals surface area contributed by atoms with Crippen molar-refractivity contribution in [2.75, 3.05) is 5.32 Å². The van der Waals surface area contributed by atoms with Crippen LogP contribution in [0.2, 0.25) is 0 Å². The number of hydrogen-bond acceptors (Lipinski definition) is 2. The molecule has 1 aromatic rings. The van der Waals surface area contributed by atoms with E-state index in [1.54, 1.807) is 12.1 Å². The first-order valence-electron chi connectivity index (χ1n) is 4.83. The second-order valence-corrected chi connectivity index (χ2v) is 4.25. The van der Waals surface area contributed by atoms with Crippen LogP contribution in [0.15, 0.2) is 24.3 Å². The van der Waals surface area contributed by atoms with Crippen LogP contribution >= 0.6 is 0 Å². The minimum absolute atomic E-state index is 0.196. The second-order valence-electron chi connectivity index (χ2n) is 4.25. The molecule has 15 heavy (non-hydrogen) atoms. The molecular formula is C12H13NO2. The molecule has 1 aliphatic rings. The molecular weight excluding hydrogens is 190 g/mol. The molecule has 1 aliphatic heterocycles. The van der Waals surface area contributed by atoms with Crippen molar-refractivity contribution in [3.63, 3.8) is 0 Å². The Morgan fingerprint density at radius 2 is 2.13 bits per heavy atom. The summed E-state index contributed by atoms with van der Waals surface area (Å²) in [5, 5.41) is 12.3. The van der Waals surface area contributed by atoms with Crippen LogP contribution in [-0.2, 0) is 0 Å². The Balaban J connectivity index is 2.58. The fraction of sp³-hybridized carbons (Fsp3) is 0.250. The Labute approximate surface area is 88.4 Å². The van der Waals surface area contributed by atoms with Gasteiger partial charge in [0.1, 0.15) is 0 Å². The number of anilines is 1. The van der Waals surface area contributed by atoms with Crippen molar-refractivity contribution in [3.05, 3.63) is 35.4 Å². The highest BCUT2D eigenvalue weighted by Crippen LogP contribution is 2.30. The monoisotopic (exact) mass is 203 g/mol. The number of nitrogens with one attached hydrogen (secondary N) is 1. The molecule has 0 amide bonds. The predicted molar refractivity (Wildman–Crippen MR) is 60.1 cm³/mol. The summed E-state index contributed by atoms with van der Waals surface area (Å²) in [7, 11) is 0. The van der Waals surface area contributed by atoms with Crippen LogP contribution < -0.4 is 5.32 Å². The lowest BCUT2D eigenvalue weighted by Crippen LogP contribution is -2.31. The van der Waals surface area contributed by atoms with Gasteiger partial charge in [-0.25, -0.2) is 4.79 Å². The maximum atomic E-state index is 11.0. The van der Waals surface area contributed by atoms with E-state index >= 15 is 0 Å². The quantitative estimate of drug-likeness (QED) is 0.737. The third kappa shape index (κ3) is 1.73. The molecule has 0 aromatic heterocycles. The standard InChI is InChI=1S/C12H13NO2/c1-12(2)7-6-8-4-3-5-9(11(14)15)10(8)13-12/h3-7,13H,1-2H3,(H,14,15). The summed E-state index contributed by atoms with van der Waals surface area (Å²) in [6.45, 7) is 4.01. The van der Waals surface area contributed by atoms with Crippen molar-refractivity contribution in [2.24, 2.45) is 0 Å². The molecule has 78 valence electrons. The van der Waals surface area contributed by atoms with Crippen LogP contribution in [0.25, 0.3) is 6.08 Å². The van der Waals surface area contributed by atoms with Gasteiger partial charge in [0.05, 0.1) is 16.8 Å². The van der Waals surface area contributed by atoms with E-state index in [0.717, 1.165) is 5.56 Å². The molecule has 0 bridgehead atoms. The van der Waals surface area contributed by atoms with E-state index in [2.05, 4.69) is 5.32 Å². The number of hydrogen-bond donors (Lipinski definition) is 2. The zero-order valence-corrected chi connectivity index (χ0v) is 8.74. The summed E-state index contributed by atoms with van der Waals surface area (Å²) in [6, 6.07) is 5.27. The van der Waals surface area contributed by atoms with E-state index in [0.29, 0.717) is 11.3 Å². The number of carboxylic acids is 1. The summed E-state index contributed by atoms with van der Waals surface area (Å²) < 4.78 is 0. The van der Waals surface area contributed by atoms with Crippen LogP contribution in [0, 0.1) is 0 Å². The molecule has 1 aromatic carbocycles. The molecule has 0 atom stereocenters. The van der Waals surface area contributed by atoms with Gasteiger partial charge in [-0.2, -0.15) is 0 Å². The maximum Gasteiger partial charge on any atom is 0.337 e. The lowest BCUT2D eigenvalue weighted by molar-refractivity contribution is 0.0698. The van der Waals surface area contributed by atoms with Crippen LogP contribution in [0.5, 0.6) is 0 Å². The Morgan fingerprint density at radius 3 is 2.80 bits per heavy atom. The fourth-order valence-electron chi connectivity index (χ4n) is 1.69. The number of rotatable bonds is 1. The summed E-state index contributed by atoms with van der Waals surface area (Å²) in [4.78, 5) is 11.0. The number of fused-ring (bicyclic) bond motifs is 1. The van der Waals surface area contributed by atoms with Gasteiger partial charge in [0.15, 0.2) is 0 Å². The molecule has 0 fully saturated rings. The van der Waals surface area contributed by atoms with Gasteiger partial charge in [0.25, 0.3) is 0 Å². The van der Waals surface area contributed by atoms with Crippen LogP contribution in [0.1, 0.15) is 29.8 Å². The van der Waals surface area contributed by atoms with Crippen molar-refractivity contribution in [3.8, 4) is 0 Å². The van der Waals surface area contributed by atoms with Gasteiger partial charge >= 0.3 is 5.97 Å². The number of carboxylic acid groups (broad SMARTS) is 1. The van der Waals surface area contributed by atoms with Crippen molar-refractivity contribution >= 4 is 17.7 Å².